The van der Waals surface area contributed by atoms with E-state index in [1.54, 1.807) is 17.9 Å². The summed E-state index contributed by atoms with van der Waals surface area (Å²) in [5.74, 6) is -0.826. The molecule has 1 fully saturated rings. The van der Waals surface area contributed by atoms with E-state index < -0.39 is 5.82 Å². The van der Waals surface area contributed by atoms with E-state index in [1.165, 1.54) is 22.6 Å². The van der Waals surface area contributed by atoms with Gasteiger partial charge < -0.3 is 9.80 Å². The largest absolute Gasteiger partial charge is 0.335 e. The normalized spacial score (nSPS) is 14.8. The van der Waals surface area contributed by atoms with Gasteiger partial charge in [0, 0.05) is 25.2 Å². The lowest BCUT2D eigenvalue weighted by atomic mass is 10.1. The minimum absolute atomic E-state index is 0.0284. The van der Waals surface area contributed by atoms with E-state index in [4.69, 9.17) is 0 Å². The standard InChI is InChI=1S/C20H21FN2O2/c1-14-3-6-16(7-4-14)12-22-9-10-23(13-19(22)24)20(25)18-11-17(21)8-5-15(18)2/h3-8,11H,9-10,12-13H2,1-2H3. The van der Waals surface area contributed by atoms with Gasteiger partial charge in [-0.3, -0.25) is 9.59 Å². The predicted octanol–water partition coefficient (Wildman–Crippen LogP) is 2.93. The maximum absolute atomic E-state index is 13.4. The van der Waals surface area contributed by atoms with E-state index in [1.807, 2.05) is 31.2 Å². The van der Waals surface area contributed by atoms with Gasteiger partial charge in [0.05, 0.1) is 0 Å². The van der Waals surface area contributed by atoms with Gasteiger partial charge in [0.1, 0.15) is 12.4 Å². The third-order valence-corrected chi connectivity index (χ3v) is 4.53. The van der Waals surface area contributed by atoms with Gasteiger partial charge in [-0.2, -0.15) is 0 Å². The Labute approximate surface area is 146 Å². The number of aryl methyl sites for hydroxylation is 2. The van der Waals surface area contributed by atoms with Crippen LogP contribution < -0.4 is 0 Å². The minimum atomic E-state index is -0.446. The van der Waals surface area contributed by atoms with Crippen molar-refractivity contribution in [2.75, 3.05) is 19.6 Å². The van der Waals surface area contributed by atoms with Crippen molar-refractivity contribution in [1.82, 2.24) is 9.80 Å². The maximum atomic E-state index is 13.4. The van der Waals surface area contributed by atoms with E-state index in [9.17, 15) is 14.0 Å². The number of carbonyl (C=O) groups is 2. The Bertz CT molecular complexity index is 802. The number of nitrogens with zero attached hydrogens (tertiary/aromatic N) is 2. The summed E-state index contributed by atoms with van der Waals surface area (Å²) >= 11 is 0. The summed E-state index contributed by atoms with van der Waals surface area (Å²) in [6, 6.07) is 12.2. The van der Waals surface area contributed by atoms with Crippen LogP contribution in [0.2, 0.25) is 0 Å². The summed E-state index contributed by atoms with van der Waals surface area (Å²) in [6.07, 6.45) is 0. The molecule has 4 nitrogen and oxygen atoms in total. The Balaban J connectivity index is 1.67. The first-order chi connectivity index (χ1) is 11.9. The van der Waals surface area contributed by atoms with E-state index >= 15 is 0 Å². The van der Waals surface area contributed by atoms with Crippen molar-refractivity contribution in [2.24, 2.45) is 0 Å². The number of carbonyl (C=O) groups excluding carboxylic acids is 2. The summed E-state index contributed by atoms with van der Waals surface area (Å²) in [5, 5.41) is 0. The second kappa shape index (κ2) is 7.05. The fraction of sp³-hybridized carbons (Fsp3) is 0.300. The molecule has 1 aliphatic rings. The van der Waals surface area contributed by atoms with Crippen molar-refractivity contribution in [3.8, 4) is 0 Å². The highest BCUT2D eigenvalue weighted by Crippen LogP contribution is 2.16. The van der Waals surface area contributed by atoms with Crippen LogP contribution in [0.25, 0.3) is 0 Å². The fourth-order valence-electron chi connectivity index (χ4n) is 2.96. The van der Waals surface area contributed by atoms with Crippen LogP contribution in [0.15, 0.2) is 42.5 Å². The molecule has 0 unspecified atom stereocenters. The summed E-state index contributed by atoms with van der Waals surface area (Å²) in [5.41, 5.74) is 3.27. The molecular weight excluding hydrogens is 319 g/mol. The number of amides is 2. The Kier molecular flexibility index (Phi) is 4.83. The summed E-state index contributed by atoms with van der Waals surface area (Å²) in [7, 11) is 0. The number of piperazine rings is 1. The van der Waals surface area contributed by atoms with E-state index in [0.717, 1.165) is 5.56 Å². The summed E-state index contributed by atoms with van der Waals surface area (Å²) in [4.78, 5) is 28.3. The van der Waals surface area contributed by atoms with Gasteiger partial charge in [-0.15, -0.1) is 0 Å². The molecule has 3 rings (SSSR count). The lowest BCUT2D eigenvalue weighted by molar-refractivity contribution is -0.135. The molecule has 2 aromatic carbocycles. The molecule has 5 heteroatoms. The highest BCUT2D eigenvalue weighted by Gasteiger charge is 2.28. The van der Waals surface area contributed by atoms with Gasteiger partial charge in [-0.25, -0.2) is 4.39 Å². The first kappa shape index (κ1) is 17.1. The van der Waals surface area contributed by atoms with Gasteiger partial charge in [-0.05, 0) is 37.1 Å². The molecule has 1 heterocycles. The molecule has 0 N–H and O–H groups in total. The summed E-state index contributed by atoms with van der Waals surface area (Å²) in [6.45, 7) is 5.29. The molecule has 0 aliphatic carbocycles. The molecule has 2 aromatic rings. The van der Waals surface area contributed by atoms with Crippen LogP contribution in [0.5, 0.6) is 0 Å². The van der Waals surface area contributed by atoms with Crippen LogP contribution >= 0.6 is 0 Å². The molecule has 130 valence electrons. The monoisotopic (exact) mass is 340 g/mol. The molecule has 0 radical (unpaired) electrons. The van der Waals surface area contributed by atoms with E-state index in [0.29, 0.717) is 30.8 Å². The van der Waals surface area contributed by atoms with Crippen molar-refractivity contribution >= 4 is 11.8 Å². The van der Waals surface area contributed by atoms with Crippen molar-refractivity contribution in [3.63, 3.8) is 0 Å². The molecule has 0 saturated carbocycles. The maximum Gasteiger partial charge on any atom is 0.254 e. The average molecular weight is 340 g/mol. The van der Waals surface area contributed by atoms with Gasteiger partial charge in [-0.1, -0.05) is 35.9 Å². The Hall–Kier alpha value is -2.69. The van der Waals surface area contributed by atoms with Crippen LogP contribution in [0.1, 0.15) is 27.0 Å². The zero-order valence-electron chi connectivity index (χ0n) is 14.5. The lowest BCUT2D eigenvalue weighted by Gasteiger charge is -2.34. The quantitative estimate of drug-likeness (QED) is 0.862. The average Bonchev–Trinajstić information content (AvgIpc) is 2.60. The van der Waals surface area contributed by atoms with E-state index in [-0.39, 0.29) is 18.4 Å². The third-order valence-electron chi connectivity index (χ3n) is 4.53. The van der Waals surface area contributed by atoms with Crippen molar-refractivity contribution in [1.29, 1.82) is 0 Å². The number of hydrogen-bond donors (Lipinski definition) is 0. The van der Waals surface area contributed by atoms with Crippen LogP contribution in [0.3, 0.4) is 0 Å². The second-order valence-corrected chi connectivity index (χ2v) is 6.49. The molecular formula is C20H21FN2O2. The second-order valence-electron chi connectivity index (χ2n) is 6.49. The molecule has 0 atom stereocenters. The molecule has 2 amide bonds. The Morgan fingerprint density at radius 1 is 1.08 bits per heavy atom. The molecule has 1 saturated heterocycles. The SMILES string of the molecule is Cc1ccc(CN2CCN(C(=O)c3cc(F)ccc3C)CC2=O)cc1. The minimum Gasteiger partial charge on any atom is -0.335 e. The molecule has 0 spiro atoms. The number of hydrogen-bond acceptors (Lipinski definition) is 2. The van der Waals surface area contributed by atoms with Gasteiger partial charge in [0.15, 0.2) is 0 Å². The summed E-state index contributed by atoms with van der Waals surface area (Å²) < 4.78 is 13.4. The van der Waals surface area contributed by atoms with Gasteiger partial charge in [0.2, 0.25) is 5.91 Å². The molecule has 0 bridgehead atoms. The van der Waals surface area contributed by atoms with Crippen LogP contribution in [-0.4, -0.2) is 41.2 Å². The number of benzene rings is 2. The lowest BCUT2D eigenvalue weighted by Crippen LogP contribution is -2.51. The fourth-order valence-corrected chi connectivity index (χ4v) is 2.96. The first-order valence-corrected chi connectivity index (χ1v) is 8.33. The Morgan fingerprint density at radius 3 is 2.48 bits per heavy atom. The van der Waals surface area contributed by atoms with Gasteiger partial charge in [0.25, 0.3) is 5.91 Å². The highest BCUT2D eigenvalue weighted by atomic mass is 19.1. The molecule has 25 heavy (non-hydrogen) atoms. The van der Waals surface area contributed by atoms with Crippen LogP contribution in [-0.2, 0) is 11.3 Å². The van der Waals surface area contributed by atoms with E-state index in [2.05, 4.69) is 0 Å². The topological polar surface area (TPSA) is 40.6 Å². The Morgan fingerprint density at radius 2 is 1.80 bits per heavy atom. The van der Waals surface area contributed by atoms with Crippen LogP contribution in [0.4, 0.5) is 4.39 Å². The first-order valence-electron chi connectivity index (χ1n) is 8.33. The molecule has 0 aromatic heterocycles. The smallest absolute Gasteiger partial charge is 0.254 e. The highest BCUT2D eigenvalue weighted by molar-refractivity contribution is 5.98. The zero-order chi connectivity index (χ0) is 18.0. The molecule has 1 aliphatic heterocycles. The number of rotatable bonds is 3. The van der Waals surface area contributed by atoms with Crippen molar-refractivity contribution in [3.05, 3.63) is 70.5 Å². The van der Waals surface area contributed by atoms with Gasteiger partial charge >= 0.3 is 0 Å². The van der Waals surface area contributed by atoms with Crippen molar-refractivity contribution in [2.45, 2.75) is 20.4 Å². The third kappa shape index (κ3) is 3.87. The number of halogens is 1. The predicted molar refractivity (Wildman–Crippen MR) is 93.6 cm³/mol. The zero-order valence-corrected chi connectivity index (χ0v) is 14.5. The van der Waals surface area contributed by atoms with Crippen molar-refractivity contribution < 1.29 is 14.0 Å². The van der Waals surface area contributed by atoms with Crippen LogP contribution in [0, 0.1) is 19.7 Å².